The SMILES string of the molecule is CC1CCC(C(CN)N(C)C2CCCC(C)C2)CC1. The van der Waals surface area contributed by atoms with Crippen LogP contribution < -0.4 is 5.73 Å². The molecule has 2 N–H and O–H groups in total. The van der Waals surface area contributed by atoms with Gasteiger partial charge in [0.2, 0.25) is 0 Å². The molecule has 2 rings (SSSR count). The maximum absolute atomic E-state index is 6.14. The van der Waals surface area contributed by atoms with E-state index in [2.05, 4.69) is 25.8 Å². The minimum absolute atomic E-state index is 0.628. The quantitative estimate of drug-likeness (QED) is 0.841. The van der Waals surface area contributed by atoms with Gasteiger partial charge in [0.05, 0.1) is 0 Å². The van der Waals surface area contributed by atoms with E-state index in [9.17, 15) is 0 Å². The number of hydrogen-bond donors (Lipinski definition) is 1. The van der Waals surface area contributed by atoms with Crippen LogP contribution in [0.4, 0.5) is 0 Å². The molecule has 0 aromatic carbocycles. The molecule has 112 valence electrons. The summed E-state index contributed by atoms with van der Waals surface area (Å²) in [6.45, 7) is 5.67. The van der Waals surface area contributed by atoms with Crippen LogP contribution in [0.25, 0.3) is 0 Å². The minimum atomic E-state index is 0.628. The lowest BCUT2D eigenvalue weighted by molar-refractivity contribution is 0.0695. The van der Waals surface area contributed by atoms with Crippen molar-refractivity contribution in [2.24, 2.45) is 23.5 Å². The first-order chi connectivity index (χ1) is 9.11. The van der Waals surface area contributed by atoms with Gasteiger partial charge in [0.15, 0.2) is 0 Å². The van der Waals surface area contributed by atoms with Crippen molar-refractivity contribution in [1.29, 1.82) is 0 Å². The molecule has 2 fully saturated rings. The summed E-state index contributed by atoms with van der Waals surface area (Å²) in [4.78, 5) is 2.66. The highest BCUT2D eigenvalue weighted by Gasteiger charge is 2.32. The summed E-state index contributed by atoms with van der Waals surface area (Å²) in [6, 6.07) is 1.42. The smallest absolute Gasteiger partial charge is 0.0246 e. The van der Waals surface area contributed by atoms with Crippen LogP contribution in [-0.2, 0) is 0 Å². The van der Waals surface area contributed by atoms with Gasteiger partial charge in [0.25, 0.3) is 0 Å². The van der Waals surface area contributed by atoms with E-state index in [-0.39, 0.29) is 0 Å². The lowest BCUT2D eigenvalue weighted by Gasteiger charge is -2.43. The largest absolute Gasteiger partial charge is 0.329 e. The zero-order valence-corrected chi connectivity index (χ0v) is 13.3. The fourth-order valence-corrected chi connectivity index (χ4v) is 4.40. The highest BCUT2D eigenvalue weighted by atomic mass is 15.2. The van der Waals surface area contributed by atoms with Crippen LogP contribution in [-0.4, -0.2) is 30.6 Å². The first kappa shape index (κ1) is 15.3. The Labute approximate surface area is 120 Å². The van der Waals surface area contributed by atoms with E-state index in [1.807, 2.05) is 0 Å². The fourth-order valence-electron chi connectivity index (χ4n) is 4.40. The van der Waals surface area contributed by atoms with Gasteiger partial charge in [-0.1, -0.05) is 39.5 Å². The third-order valence-electron chi connectivity index (χ3n) is 5.85. The van der Waals surface area contributed by atoms with Gasteiger partial charge in [-0.05, 0) is 50.5 Å². The molecule has 0 saturated heterocycles. The monoisotopic (exact) mass is 266 g/mol. The van der Waals surface area contributed by atoms with E-state index >= 15 is 0 Å². The van der Waals surface area contributed by atoms with Crippen molar-refractivity contribution in [3.8, 4) is 0 Å². The molecule has 19 heavy (non-hydrogen) atoms. The van der Waals surface area contributed by atoms with Gasteiger partial charge in [-0.15, -0.1) is 0 Å². The maximum Gasteiger partial charge on any atom is 0.0246 e. The van der Waals surface area contributed by atoms with E-state index in [1.54, 1.807) is 0 Å². The van der Waals surface area contributed by atoms with Gasteiger partial charge < -0.3 is 5.73 Å². The Hall–Kier alpha value is -0.0800. The lowest BCUT2D eigenvalue weighted by Crippen LogP contribution is -2.50. The van der Waals surface area contributed by atoms with Gasteiger partial charge in [-0.2, -0.15) is 0 Å². The van der Waals surface area contributed by atoms with Crippen molar-refractivity contribution < 1.29 is 0 Å². The fraction of sp³-hybridized carbons (Fsp3) is 1.00. The summed E-state index contributed by atoms with van der Waals surface area (Å²) in [7, 11) is 2.35. The number of nitrogens with zero attached hydrogens (tertiary/aromatic N) is 1. The molecule has 0 amide bonds. The molecule has 0 spiro atoms. The first-order valence-corrected chi connectivity index (χ1v) is 8.53. The Morgan fingerprint density at radius 3 is 2.26 bits per heavy atom. The van der Waals surface area contributed by atoms with Crippen LogP contribution in [0, 0.1) is 17.8 Å². The van der Waals surface area contributed by atoms with E-state index in [1.165, 1.54) is 51.4 Å². The highest BCUT2D eigenvalue weighted by molar-refractivity contribution is 4.87. The maximum atomic E-state index is 6.14. The molecule has 3 unspecified atom stereocenters. The summed E-state index contributed by atoms with van der Waals surface area (Å²) in [5.41, 5.74) is 6.14. The van der Waals surface area contributed by atoms with Crippen LogP contribution in [0.15, 0.2) is 0 Å². The van der Waals surface area contributed by atoms with Crippen LogP contribution in [0.2, 0.25) is 0 Å². The van der Waals surface area contributed by atoms with Gasteiger partial charge in [-0.3, -0.25) is 4.90 Å². The Balaban J connectivity index is 1.92. The van der Waals surface area contributed by atoms with Gasteiger partial charge in [0, 0.05) is 18.6 Å². The second-order valence-corrected chi connectivity index (χ2v) is 7.41. The molecule has 2 heteroatoms. The third kappa shape index (κ3) is 3.95. The van der Waals surface area contributed by atoms with Gasteiger partial charge in [-0.25, -0.2) is 0 Å². The van der Waals surface area contributed by atoms with Crippen molar-refractivity contribution in [3.05, 3.63) is 0 Å². The summed E-state index contributed by atoms with van der Waals surface area (Å²) < 4.78 is 0. The molecule has 0 aliphatic heterocycles. The zero-order valence-electron chi connectivity index (χ0n) is 13.3. The van der Waals surface area contributed by atoms with E-state index < -0.39 is 0 Å². The zero-order chi connectivity index (χ0) is 13.8. The van der Waals surface area contributed by atoms with Crippen LogP contribution in [0.3, 0.4) is 0 Å². The molecule has 0 heterocycles. The Morgan fingerprint density at radius 1 is 1.00 bits per heavy atom. The van der Waals surface area contributed by atoms with Crippen LogP contribution in [0.5, 0.6) is 0 Å². The molecular formula is C17H34N2. The van der Waals surface area contributed by atoms with Crippen molar-refractivity contribution in [2.75, 3.05) is 13.6 Å². The van der Waals surface area contributed by atoms with Crippen LogP contribution >= 0.6 is 0 Å². The average Bonchev–Trinajstić information content (AvgIpc) is 2.41. The lowest BCUT2D eigenvalue weighted by atomic mass is 9.77. The van der Waals surface area contributed by atoms with Gasteiger partial charge >= 0.3 is 0 Å². The molecule has 0 radical (unpaired) electrons. The highest BCUT2D eigenvalue weighted by Crippen LogP contribution is 2.34. The Kier molecular flexibility index (Phi) is 5.70. The second-order valence-electron chi connectivity index (χ2n) is 7.41. The van der Waals surface area contributed by atoms with Crippen molar-refractivity contribution in [2.45, 2.75) is 77.3 Å². The molecule has 0 bridgehead atoms. The van der Waals surface area contributed by atoms with E-state index in [4.69, 9.17) is 5.73 Å². The topological polar surface area (TPSA) is 29.3 Å². The van der Waals surface area contributed by atoms with Crippen molar-refractivity contribution in [1.82, 2.24) is 4.90 Å². The van der Waals surface area contributed by atoms with Crippen molar-refractivity contribution in [3.63, 3.8) is 0 Å². The van der Waals surface area contributed by atoms with E-state index in [0.29, 0.717) is 6.04 Å². The summed E-state index contributed by atoms with van der Waals surface area (Å²) in [5, 5.41) is 0. The number of rotatable bonds is 4. The molecule has 0 aromatic heterocycles. The Bertz CT molecular complexity index is 258. The standard InChI is InChI=1S/C17H34N2/c1-13-7-9-15(10-8-13)17(12-18)19(3)16-6-4-5-14(2)11-16/h13-17H,4-12,18H2,1-3H3. The number of likely N-dealkylation sites (N-methyl/N-ethyl adjacent to an activating group) is 1. The predicted molar refractivity (Wildman–Crippen MR) is 83.1 cm³/mol. The summed E-state index contributed by atoms with van der Waals surface area (Å²) in [5.74, 6) is 2.70. The first-order valence-electron chi connectivity index (χ1n) is 8.53. The molecule has 2 nitrogen and oxygen atoms in total. The predicted octanol–water partition coefficient (Wildman–Crippen LogP) is 3.65. The number of nitrogens with two attached hydrogens (primary N) is 1. The molecule has 2 saturated carbocycles. The molecule has 2 aliphatic rings. The molecule has 2 aliphatic carbocycles. The summed E-state index contributed by atoms with van der Waals surface area (Å²) in [6.07, 6.45) is 11.2. The Morgan fingerprint density at radius 2 is 1.68 bits per heavy atom. The second kappa shape index (κ2) is 7.08. The number of hydrogen-bond acceptors (Lipinski definition) is 2. The van der Waals surface area contributed by atoms with E-state index in [0.717, 1.165) is 30.3 Å². The normalized spacial score (nSPS) is 38.4. The summed E-state index contributed by atoms with van der Waals surface area (Å²) >= 11 is 0. The molecule has 0 aromatic rings. The third-order valence-corrected chi connectivity index (χ3v) is 5.85. The molecule has 3 atom stereocenters. The minimum Gasteiger partial charge on any atom is -0.329 e. The van der Waals surface area contributed by atoms with Crippen molar-refractivity contribution >= 4 is 0 Å². The van der Waals surface area contributed by atoms with Crippen LogP contribution in [0.1, 0.15) is 65.2 Å². The van der Waals surface area contributed by atoms with Gasteiger partial charge in [0.1, 0.15) is 0 Å². The molecular weight excluding hydrogens is 232 g/mol. The average molecular weight is 266 g/mol.